The first-order chi connectivity index (χ1) is 8.31. The molecule has 1 rings (SSSR count). The lowest BCUT2D eigenvalue weighted by atomic mass is 10.3. The Hall–Kier alpha value is -1.34. The van der Waals surface area contributed by atoms with Gasteiger partial charge in [-0.2, -0.15) is 0 Å². The van der Waals surface area contributed by atoms with Crippen molar-refractivity contribution < 1.29 is 13.2 Å². The van der Waals surface area contributed by atoms with Gasteiger partial charge in [0, 0.05) is 6.07 Å². The summed E-state index contributed by atoms with van der Waals surface area (Å²) in [6.07, 6.45) is 0. The molecule has 3 N–H and O–H groups in total. The molecule has 0 saturated carbocycles. The summed E-state index contributed by atoms with van der Waals surface area (Å²) in [7, 11) is -3.36. The SMILES string of the molecule is CC(C)S(=O)(=O)Nc1cccc(OCC(N)=S)c1. The molecule has 0 bridgehead atoms. The highest BCUT2D eigenvalue weighted by atomic mass is 32.2. The standard InChI is InChI=1S/C11H16N2O3S2/c1-8(2)18(14,15)13-9-4-3-5-10(6-9)16-7-11(12)17/h3-6,8,13H,7H2,1-2H3,(H2,12,17). The molecule has 100 valence electrons. The maximum Gasteiger partial charge on any atom is 0.235 e. The van der Waals surface area contributed by atoms with Crippen LogP contribution in [-0.4, -0.2) is 25.3 Å². The van der Waals surface area contributed by atoms with Crippen LogP contribution in [0.3, 0.4) is 0 Å². The minimum absolute atomic E-state index is 0.121. The van der Waals surface area contributed by atoms with E-state index in [-0.39, 0.29) is 11.6 Å². The summed E-state index contributed by atoms with van der Waals surface area (Å²) in [6.45, 7) is 3.33. The fourth-order valence-electron chi connectivity index (χ4n) is 1.09. The third kappa shape index (κ3) is 4.50. The van der Waals surface area contributed by atoms with Crippen LogP contribution in [0.5, 0.6) is 5.75 Å². The van der Waals surface area contributed by atoms with E-state index in [0.29, 0.717) is 11.4 Å². The van der Waals surface area contributed by atoms with Crippen molar-refractivity contribution in [2.24, 2.45) is 5.73 Å². The molecular weight excluding hydrogens is 272 g/mol. The minimum Gasteiger partial charge on any atom is -0.486 e. The van der Waals surface area contributed by atoms with Gasteiger partial charge < -0.3 is 10.5 Å². The number of thiocarbonyl (C=S) groups is 1. The molecule has 0 radical (unpaired) electrons. The molecule has 0 aliphatic heterocycles. The molecule has 0 atom stereocenters. The van der Waals surface area contributed by atoms with Gasteiger partial charge in [0.25, 0.3) is 0 Å². The molecule has 0 spiro atoms. The molecule has 5 nitrogen and oxygen atoms in total. The summed E-state index contributed by atoms with van der Waals surface area (Å²) in [6, 6.07) is 6.62. The maximum absolute atomic E-state index is 11.7. The molecular formula is C11H16N2O3S2. The number of rotatable bonds is 6. The van der Waals surface area contributed by atoms with E-state index in [1.807, 2.05) is 0 Å². The van der Waals surface area contributed by atoms with Crippen LogP contribution in [-0.2, 0) is 10.0 Å². The Morgan fingerprint density at radius 2 is 2.17 bits per heavy atom. The van der Waals surface area contributed by atoms with E-state index >= 15 is 0 Å². The largest absolute Gasteiger partial charge is 0.486 e. The predicted molar refractivity (Wildman–Crippen MR) is 76.4 cm³/mol. The van der Waals surface area contributed by atoms with E-state index in [0.717, 1.165) is 0 Å². The molecule has 0 heterocycles. The Kier molecular flexibility index (Phi) is 4.92. The second kappa shape index (κ2) is 6.01. The quantitative estimate of drug-likeness (QED) is 0.775. The van der Waals surface area contributed by atoms with Crippen molar-refractivity contribution in [2.75, 3.05) is 11.3 Å². The van der Waals surface area contributed by atoms with E-state index in [2.05, 4.69) is 4.72 Å². The van der Waals surface area contributed by atoms with Crippen molar-refractivity contribution >= 4 is 32.9 Å². The smallest absolute Gasteiger partial charge is 0.235 e. The van der Waals surface area contributed by atoms with Gasteiger partial charge in [-0.3, -0.25) is 4.72 Å². The molecule has 0 aromatic heterocycles. The van der Waals surface area contributed by atoms with Crippen LogP contribution in [0.15, 0.2) is 24.3 Å². The molecule has 0 aliphatic rings. The lowest BCUT2D eigenvalue weighted by Gasteiger charge is -2.12. The van der Waals surface area contributed by atoms with E-state index in [1.54, 1.807) is 38.1 Å². The fourth-order valence-corrected chi connectivity index (χ4v) is 1.84. The predicted octanol–water partition coefficient (Wildman–Crippen LogP) is 1.50. The minimum atomic E-state index is -3.36. The highest BCUT2D eigenvalue weighted by Crippen LogP contribution is 2.19. The second-order valence-corrected chi connectivity index (χ2v) is 6.74. The van der Waals surface area contributed by atoms with E-state index < -0.39 is 15.3 Å². The van der Waals surface area contributed by atoms with Crippen LogP contribution >= 0.6 is 12.2 Å². The Labute approximate surface area is 112 Å². The summed E-state index contributed by atoms with van der Waals surface area (Å²) in [5, 5.41) is -0.501. The van der Waals surface area contributed by atoms with E-state index in [1.165, 1.54) is 0 Å². The van der Waals surface area contributed by atoms with Gasteiger partial charge in [0.05, 0.1) is 10.9 Å². The number of nitrogens with two attached hydrogens (primary N) is 1. The van der Waals surface area contributed by atoms with Crippen molar-refractivity contribution in [3.05, 3.63) is 24.3 Å². The first-order valence-electron chi connectivity index (χ1n) is 5.34. The second-order valence-electron chi connectivity index (χ2n) is 3.98. The Balaban J connectivity index is 2.80. The zero-order valence-electron chi connectivity index (χ0n) is 10.2. The number of hydrogen-bond acceptors (Lipinski definition) is 4. The number of benzene rings is 1. The summed E-state index contributed by atoms with van der Waals surface area (Å²) in [5.41, 5.74) is 5.76. The van der Waals surface area contributed by atoms with Crippen LogP contribution < -0.4 is 15.2 Å². The first-order valence-corrected chi connectivity index (χ1v) is 7.29. The number of anilines is 1. The lowest BCUT2D eigenvalue weighted by molar-refractivity contribution is 0.378. The zero-order chi connectivity index (χ0) is 13.8. The van der Waals surface area contributed by atoms with Crippen molar-refractivity contribution in [1.29, 1.82) is 0 Å². The molecule has 0 unspecified atom stereocenters. The first kappa shape index (κ1) is 14.7. The topological polar surface area (TPSA) is 81.4 Å². The normalized spacial score (nSPS) is 11.3. The van der Waals surface area contributed by atoms with Crippen LogP contribution in [0.25, 0.3) is 0 Å². The maximum atomic E-state index is 11.7. The van der Waals surface area contributed by atoms with Gasteiger partial charge in [0.2, 0.25) is 10.0 Å². The van der Waals surface area contributed by atoms with Gasteiger partial charge in [-0.05, 0) is 26.0 Å². The lowest BCUT2D eigenvalue weighted by Crippen LogP contribution is -2.22. The summed E-state index contributed by atoms with van der Waals surface area (Å²) >= 11 is 4.69. The van der Waals surface area contributed by atoms with Crippen LogP contribution in [0.1, 0.15) is 13.8 Å². The van der Waals surface area contributed by atoms with Crippen molar-refractivity contribution in [3.63, 3.8) is 0 Å². The van der Waals surface area contributed by atoms with Crippen LogP contribution in [0.2, 0.25) is 0 Å². The van der Waals surface area contributed by atoms with E-state index in [4.69, 9.17) is 22.7 Å². The van der Waals surface area contributed by atoms with Crippen molar-refractivity contribution in [3.8, 4) is 5.75 Å². The monoisotopic (exact) mass is 288 g/mol. The van der Waals surface area contributed by atoms with Crippen molar-refractivity contribution in [2.45, 2.75) is 19.1 Å². The average Bonchev–Trinajstić information content (AvgIpc) is 2.26. The molecule has 0 aliphatic carbocycles. The highest BCUT2D eigenvalue weighted by molar-refractivity contribution is 7.93. The van der Waals surface area contributed by atoms with Crippen LogP contribution in [0, 0.1) is 0 Å². The van der Waals surface area contributed by atoms with Crippen LogP contribution in [0.4, 0.5) is 5.69 Å². The van der Waals surface area contributed by atoms with Gasteiger partial charge in [-0.25, -0.2) is 8.42 Å². The van der Waals surface area contributed by atoms with E-state index in [9.17, 15) is 8.42 Å². The Morgan fingerprint density at radius 3 is 2.72 bits per heavy atom. The Bertz CT molecular complexity index is 527. The average molecular weight is 288 g/mol. The number of hydrogen-bond donors (Lipinski definition) is 2. The third-order valence-electron chi connectivity index (χ3n) is 2.10. The van der Waals surface area contributed by atoms with Gasteiger partial charge >= 0.3 is 0 Å². The highest BCUT2D eigenvalue weighted by Gasteiger charge is 2.15. The molecule has 7 heteroatoms. The number of nitrogens with one attached hydrogen (secondary N) is 1. The molecule has 0 fully saturated rings. The molecule has 0 amide bonds. The fraction of sp³-hybridized carbons (Fsp3) is 0.364. The van der Waals surface area contributed by atoms with Crippen molar-refractivity contribution in [1.82, 2.24) is 0 Å². The summed E-state index contributed by atoms with van der Waals surface area (Å²) < 4.78 is 31.1. The zero-order valence-corrected chi connectivity index (χ0v) is 11.8. The van der Waals surface area contributed by atoms with Gasteiger partial charge in [-0.1, -0.05) is 18.3 Å². The summed E-state index contributed by atoms with van der Waals surface area (Å²) in [4.78, 5) is 0.239. The molecule has 18 heavy (non-hydrogen) atoms. The molecule has 0 saturated heterocycles. The Morgan fingerprint density at radius 1 is 1.50 bits per heavy atom. The van der Waals surface area contributed by atoms with Gasteiger partial charge in [0.1, 0.15) is 17.3 Å². The molecule has 1 aromatic carbocycles. The van der Waals surface area contributed by atoms with Gasteiger partial charge in [-0.15, -0.1) is 0 Å². The number of ether oxygens (including phenoxy) is 1. The summed E-state index contributed by atoms with van der Waals surface area (Å²) in [5.74, 6) is 0.506. The molecule has 1 aromatic rings. The third-order valence-corrected chi connectivity index (χ3v) is 3.98. The van der Waals surface area contributed by atoms with Gasteiger partial charge in [0.15, 0.2) is 0 Å². The number of sulfonamides is 1.